The van der Waals surface area contributed by atoms with Crippen molar-refractivity contribution in [2.24, 2.45) is 0 Å². The van der Waals surface area contributed by atoms with Crippen LogP contribution in [0, 0.1) is 6.92 Å². The number of rotatable bonds is 2. The van der Waals surface area contributed by atoms with Gasteiger partial charge in [0.1, 0.15) is 0 Å². The lowest BCUT2D eigenvalue weighted by Crippen LogP contribution is -2.06. The Balaban J connectivity index is 2.31. The van der Waals surface area contributed by atoms with Crippen LogP contribution in [0.4, 0.5) is 0 Å². The highest BCUT2D eigenvalue weighted by atomic mass is 32.2. The number of allylic oxidation sites excluding steroid dienone is 2. The quantitative estimate of drug-likeness (QED) is 0.809. The highest BCUT2D eigenvalue weighted by molar-refractivity contribution is 7.95. The standard InChI is InChI=1S/C15H20O2S/c1-13-9-11-15(12-10-13)18(16,17)14-7-5-3-2-4-6-8-14/h7,9-12H,2-6,8H2,1H3/b14-7-. The molecule has 0 amide bonds. The highest BCUT2D eigenvalue weighted by Crippen LogP contribution is 2.26. The summed E-state index contributed by atoms with van der Waals surface area (Å²) in [5.41, 5.74) is 1.08. The topological polar surface area (TPSA) is 34.1 Å². The number of benzene rings is 1. The molecule has 1 aromatic rings. The average molecular weight is 264 g/mol. The molecule has 1 aromatic carbocycles. The fourth-order valence-corrected chi connectivity index (χ4v) is 3.82. The first-order chi connectivity index (χ1) is 8.60. The molecule has 0 bridgehead atoms. The molecule has 0 fully saturated rings. The molecular formula is C15H20O2S. The zero-order chi connectivity index (χ0) is 13.0. The van der Waals surface area contributed by atoms with Gasteiger partial charge in [0.05, 0.1) is 4.90 Å². The molecule has 0 aromatic heterocycles. The van der Waals surface area contributed by atoms with Gasteiger partial charge in [-0.05, 0) is 44.7 Å². The smallest absolute Gasteiger partial charge is 0.202 e. The number of hydrogen-bond donors (Lipinski definition) is 0. The van der Waals surface area contributed by atoms with E-state index < -0.39 is 9.84 Å². The van der Waals surface area contributed by atoms with Gasteiger partial charge in [0.25, 0.3) is 0 Å². The lowest BCUT2D eigenvalue weighted by molar-refractivity contribution is 0.590. The molecule has 0 atom stereocenters. The van der Waals surface area contributed by atoms with Crippen LogP contribution in [0.2, 0.25) is 0 Å². The summed E-state index contributed by atoms with van der Waals surface area (Å²) < 4.78 is 25.0. The molecule has 0 saturated carbocycles. The van der Waals surface area contributed by atoms with E-state index in [1.54, 1.807) is 12.1 Å². The molecule has 1 aliphatic rings. The van der Waals surface area contributed by atoms with E-state index in [2.05, 4.69) is 0 Å². The Labute approximate surface area is 110 Å². The van der Waals surface area contributed by atoms with Gasteiger partial charge in [-0.2, -0.15) is 0 Å². The van der Waals surface area contributed by atoms with Gasteiger partial charge < -0.3 is 0 Å². The summed E-state index contributed by atoms with van der Waals surface area (Å²) in [7, 11) is -3.26. The molecule has 0 unspecified atom stereocenters. The average Bonchev–Trinajstić information content (AvgIpc) is 2.28. The number of sulfone groups is 1. The molecule has 0 spiro atoms. The molecule has 0 aliphatic heterocycles. The first kappa shape index (κ1) is 13.3. The van der Waals surface area contributed by atoms with Crippen molar-refractivity contribution in [2.45, 2.75) is 50.3 Å². The molecule has 18 heavy (non-hydrogen) atoms. The van der Waals surface area contributed by atoms with Crippen molar-refractivity contribution in [3.8, 4) is 0 Å². The third-order valence-electron chi connectivity index (χ3n) is 3.43. The molecule has 2 nitrogen and oxygen atoms in total. The van der Waals surface area contributed by atoms with Crippen molar-refractivity contribution in [1.29, 1.82) is 0 Å². The summed E-state index contributed by atoms with van der Waals surface area (Å²) in [6.45, 7) is 1.96. The van der Waals surface area contributed by atoms with Gasteiger partial charge in [-0.1, -0.05) is 36.6 Å². The fourth-order valence-electron chi connectivity index (χ4n) is 2.28. The first-order valence-electron chi connectivity index (χ1n) is 6.61. The minimum atomic E-state index is -3.26. The van der Waals surface area contributed by atoms with E-state index in [4.69, 9.17) is 0 Å². The lowest BCUT2D eigenvalue weighted by atomic mass is 10.1. The van der Waals surface area contributed by atoms with Gasteiger partial charge >= 0.3 is 0 Å². The largest absolute Gasteiger partial charge is 0.219 e. The third-order valence-corrected chi connectivity index (χ3v) is 5.38. The van der Waals surface area contributed by atoms with Gasteiger partial charge in [0.15, 0.2) is 0 Å². The first-order valence-corrected chi connectivity index (χ1v) is 8.10. The van der Waals surface area contributed by atoms with Crippen molar-refractivity contribution in [1.82, 2.24) is 0 Å². The van der Waals surface area contributed by atoms with Crippen LogP contribution in [0.1, 0.15) is 44.1 Å². The van der Waals surface area contributed by atoms with E-state index in [-0.39, 0.29) is 0 Å². The van der Waals surface area contributed by atoms with E-state index >= 15 is 0 Å². The third kappa shape index (κ3) is 3.02. The van der Waals surface area contributed by atoms with Crippen LogP contribution in [-0.2, 0) is 9.84 Å². The molecule has 98 valence electrons. The Kier molecular flexibility index (Phi) is 4.23. The van der Waals surface area contributed by atoms with E-state index in [0.29, 0.717) is 16.2 Å². The van der Waals surface area contributed by atoms with Crippen molar-refractivity contribution in [3.05, 3.63) is 40.8 Å². The Morgan fingerprint density at radius 2 is 1.61 bits per heavy atom. The van der Waals surface area contributed by atoms with Gasteiger partial charge in [0, 0.05) is 4.91 Å². The molecule has 0 heterocycles. The molecular weight excluding hydrogens is 244 g/mol. The Hall–Kier alpha value is -1.09. The number of hydrogen-bond acceptors (Lipinski definition) is 2. The van der Waals surface area contributed by atoms with Crippen molar-refractivity contribution in [3.63, 3.8) is 0 Å². The predicted molar refractivity (Wildman–Crippen MR) is 74.1 cm³/mol. The van der Waals surface area contributed by atoms with E-state index in [9.17, 15) is 8.42 Å². The summed E-state index contributed by atoms with van der Waals surface area (Å²) in [4.78, 5) is 1.05. The molecule has 0 N–H and O–H groups in total. The van der Waals surface area contributed by atoms with Gasteiger partial charge in [0.2, 0.25) is 9.84 Å². The summed E-state index contributed by atoms with van der Waals surface area (Å²) in [6, 6.07) is 7.14. The molecule has 3 heteroatoms. The van der Waals surface area contributed by atoms with Crippen LogP contribution in [0.15, 0.2) is 40.1 Å². The van der Waals surface area contributed by atoms with Crippen LogP contribution >= 0.6 is 0 Å². The molecule has 0 radical (unpaired) electrons. The Morgan fingerprint density at radius 1 is 0.944 bits per heavy atom. The second-order valence-electron chi connectivity index (χ2n) is 4.94. The second kappa shape index (κ2) is 5.70. The maximum Gasteiger partial charge on any atom is 0.202 e. The lowest BCUT2D eigenvalue weighted by Gasteiger charge is -2.12. The van der Waals surface area contributed by atoms with Gasteiger partial charge in [-0.15, -0.1) is 0 Å². The van der Waals surface area contributed by atoms with Gasteiger partial charge in [-0.25, -0.2) is 8.42 Å². The zero-order valence-corrected chi connectivity index (χ0v) is 11.7. The summed E-state index contributed by atoms with van der Waals surface area (Å²) in [6.07, 6.45) is 7.95. The number of aryl methyl sites for hydroxylation is 1. The SMILES string of the molecule is Cc1ccc(S(=O)(=O)/C2=C\CCCCCC2)cc1. The highest BCUT2D eigenvalue weighted by Gasteiger charge is 2.20. The molecule has 1 aliphatic carbocycles. The summed E-state index contributed by atoms with van der Waals surface area (Å²) in [5, 5.41) is 0. The van der Waals surface area contributed by atoms with Crippen LogP contribution in [0.25, 0.3) is 0 Å². The summed E-state index contributed by atoms with van der Waals surface area (Å²) >= 11 is 0. The van der Waals surface area contributed by atoms with Crippen molar-refractivity contribution >= 4 is 9.84 Å². The van der Waals surface area contributed by atoms with Gasteiger partial charge in [-0.3, -0.25) is 0 Å². The van der Waals surface area contributed by atoms with Crippen LogP contribution in [-0.4, -0.2) is 8.42 Å². The maximum absolute atomic E-state index is 12.5. The van der Waals surface area contributed by atoms with Crippen molar-refractivity contribution in [2.75, 3.05) is 0 Å². The zero-order valence-electron chi connectivity index (χ0n) is 10.9. The van der Waals surface area contributed by atoms with Crippen LogP contribution < -0.4 is 0 Å². The van der Waals surface area contributed by atoms with E-state index in [1.807, 2.05) is 25.1 Å². The maximum atomic E-state index is 12.5. The Bertz CT molecular complexity index is 524. The fraction of sp³-hybridized carbons (Fsp3) is 0.467. The summed E-state index contributed by atoms with van der Waals surface area (Å²) in [5.74, 6) is 0. The Morgan fingerprint density at radius 3 is 2.33 bits per heavy atom. The monoisotopic (exact) mass is 264 g/mol. The second-order valence-corrected chi connectivity index (χ2v) is 6.94. The van der Waals surface area contributed by atoms with Crippen LogP contribution in [0.3, 0.4) is 0 Å². The van der Waals surface area contributed by atoms with E-state index in [1.165, 1.54) is 6.42 Å². The van der Waals surface area contributed by atoms with E-state index in [0.717, 1.165) is 31.2 Å². The van der Waals surface area contributed by atoms with Crippen LogP contribution in [0.5, 0.6) is 0 Å². The molecule has 2 rings (SSSR count). The normalized spacial score (nSPS) is 20.6. The predicted octanol–water partition coefficient (Wildman–Crippen LogP) is 4.01. The van der Waals surface area contributed by atoms with Crippen molar-refractivity contribution < 1.29 is 8.42 Å². The molecule has 0 saturated heterocycles. The minimum absolute atomic E-state index is 0.430. The minimum Gasteiger partial charge on any atom is -0.219 e.